The second-order valence-corrected chi connectivity index (χ2v) is 2.98. The van der Waals surface area contributed by atoms with E-state index in [0.29, 0.717) is 12.3 Å². The summed E-state index contributed by atoms with van der Waals surface area (Å²) < 4.78 is 5.44. The molecule has 66 valence electrons. The van der Waals surface area contributed by atoms with Crippen LogP contribution in [-0.2, 0) is 4.74 Å². The molecule has 0 bridgehead atoms. The molecular formula is C8H18N2O. The van der Waals surface area contributed by atoms with E-state index in [2.05, 4.69) is 24.3 Å². The van der Waals surface area contributed by atoms with Gasteiger partial charge in [-0.25, -0.2) is 5.01 Å². The molecular weight excluding hydrogens is 140 g/mol. The molecule has 0 aromatic rings. The van der Waals surface area contributed by atoms with Crippen molar-refractivity contribution < 1.29 is 4.74 Å². The van der Waals surface area contributed by atoms with E-state index >= 15 is 0 Å². The third kappa shape index (κ3) is 2.43. The average molecular weight is 158 g/mol. The highest BCUT2D eigenvalue weighted by Gasteiger charge is 2.40. The number of nitrogens with zero attached hydrogens (tertiary/aromatic N) is 1. The molecule has 0 spiro atoms. The maximum Gasteiger partial charge on any atom is 0.149 e. The fraction of sp³-hybridized carbons (Fsp3) is 1.00. The van der Waals surface area contributed by atoms with Crippen molar-refractivity contribution in [1.29, 1.82) is 0 Å². The fourth-order valence-corrected chi connectivity index (χ4v) is 1.31. The number of hydrogen-bond acceptors (Lipinski definition) is 3. The number of ether oxygens (including phenoxy) is 1. The van der Waals surface area contributed by atoms with Crippen molar-refractivity contribution in [3.63, 3.8) is 0 Å². The molecule has 1 heterocycles. The molecule has 3 heteroatoms. The van der Waals surface area contributed by atoms with Crippen molar-refractivity contribution in [3.8, 4) is 0 Å². The molecule has 2 atom stereocenters. The zero-order chi connectivity index (χ0) is 8.27. The van der Waals surface area contributed by atoms with Crippen LogP contribution in [0.3, 0.4) is 0 Å². The zero-order valence-corrected chi connectivity index (χ0v) is 7.63. The Morgan fingerprint density at radius 2 is 2.18 bits per heavy atom. The van der Waals surface area contributed by atoms with E-state index in [9.17, 15) is 0 Å². The molecule has 2 unspecified atom stereocenters. The number of hydrogen-bond donors (Lipinski definition) is 1. The summed E-state index contributed by atoms with van der Waals surface area (Å²) in [5, 5.41) is 2.06. The molecule has 0 amide bonds. The van der Waals surface area contributed by atoms with Crippen LogP contribution in [0.1, 0.15) is 26.7 Å². The minimum Gasteiger partial charge on any atom is -0.352 e. The van der Waals surface area contributed by atoms with E-state index < -0.39 is 0 Å². The van der Waals surface area contributed by atoms with Crippen molar-refractivity contribution in [2.75, 3.05) is 13.6 Å². The first kappa shape index (κ1) is 8.97. The lowest BCUT2D eigenvalue weighted by molar-refractivity contribution is 0.151. The maximum absolute atomic E-state index is 5.44. The Labute approximate surface area is 68.7 Å². The summed E-state index contributed by atoms with van der Waals surface area (Å²) in [6.07, 6.45) is 3.19. The molecule has 0 aliphatic carbocycles. The maximum atomic E-state index is 5.44. The van der Waals surface area contributed by atoms with Gasteiger partial charge < -0.3 is 4.74 Å². The average Bonchev–Trinajstić information content (AvgIpc) is 2.69. The minimum absolute atomic E-state index is 0.329. The van der Waals surface area contributed by atoms with Gasteiger partial charge in [0, 0.05) is 13.6 Å². The van der Waals surface area contributed by atoms with E-state index in [0.717, 1.165) is 6.54 Å². The zero-order valence-electron chi connectivity index (χ0n) is 7.63. The summed E-state index contributed by atoms with van der Waals surface area (Å²) in [4.78, 5) is 0. The van der Waals surface area contributed by atoms with Crippen molar-refractivity contribution in [2.45, 2.75) is 39.0 Å². The van der Waals surface area contributed by atoms with Crippen molar-refractivity contribution in [1.82, 2.24) is 10.4 Å². The van der Waals surface area contributed by atoms with Crippen LogP contribution in [0.5, 0.6) is 0 Å². The Kier molecular flexibility index (Phi) is 3.30. The Hall–Kier alpha value is -0.120. The van der Waals surface area contributed by atoms with E-state index in [1.54, 1.807) is 0 Å². The Balaban J connectivity index is 2.10. The molecule has 1 saturated heterocycles. The van der Waals surface area contributed by atoms with Gasteiger partial charge >= 0.3 is 0 Å². The Morgan fingerprint density at radius 3 is 2.73 bits per heavy atom. The molecule has 0 saturated carbocycles. The first-order chi connectivity index (χ1) is 5.29. The summed E-state index contributed by atoms with van der Waals surface area (Å²) in [6, 6.07) is 0. The second-order valence-electron chi connectivity index (χ2n) is 2.98. The van der Waals surface area contributed by atoms with Gasteiger partial charge in [-0.1, -0.05) is 20.3 Å². The lowest BCUT2D eigenvalue weighted by Crippen LogP contribution is -2.37. The molecule has 1 aliphatic rings. The Bertz CT molecular complexity index is 119. The lowest BCUT2D eigenvalue weighted by Gasteiger charge is -2.13. The number of hydrazine groups is 1. The fourth-order valence-electron chi connectivity index (χ4n) is 1.31. The van der Waals surface area contributed by atoms with Crippen LogP contribution >= 0.6 is 0 Å². The van der Waals surface area contributed by atoms with Crippen LogP contribution in [0.4, 0.5) is 0 Å². The molecule has 1 fully saturated rings. The van der Waals surface area contributed by atoms with Gasteiger partial charge in [0.15, 0.2) is 0 Å². The first-order valence-corrected chi connectivity index (χ1v) is 4.41. The van der Waals surface area contributed by atoms with E-state index in [-0.39, 0.29) is 0 Å². The van der Waals surface area contributed by atoms with Crippen molar-refractivity contribution in [3.05, 3.63) is 0 Å². The summed E-state index contributed by atoms with van der Waals surface area (Å²) in [7, 11) is 2.03. The topological polar surface area (TPSA) is 27.8 Å². The molecule has 11 heavy (non-hydrogen) atoms. The third-order valence-corrected chi connectivity index (χ3v) is 1.92. The first-order valence-electron chi connectivity index (χ1n) is 4.41. The van der Waals surface area contributed by atoms with Gasteiger partial charge in [-0.3, -0.25) is 5.43 Å². The quantitative estimate of drug-likeness (QED) is 0.477. The van der Waals surface area contributed by atoms with Gasteiger partial charge in [0.1, 0.15) is 12.3 Å². The van der Waals surface area contributed by atoms with Gasteiger partial charge in [0.25, 0.3) is 0 Å². The third-order valence-electron chi connectivity index (χ3n) is 1.92. The predicted molar refractivity (Wildman–Crippen MR) is 45.0 cm³/mol. The van der Waals surface area contributed by atoms with E-state index in [1.165, 1.54) is 12.8 Å². The highest BCUT2D eigenvalue weighted by Crippen LogP contribution is 2.27. The molecule has 1 N–H and O–H groups in total. The van der Waals surface area contributed by atoms with Gasteiger partial charge in [0.2, 0.25) is 0 Å². The highest BCUT2D eigenvalue weighted by atomic mass is 16.6. The molecule has 1 aliphatic heterocycles. The molecule has 0 aromatic heterocycles. The normalized spacial score (nSPS) is 29.5. The largest absolute Gasteiger partial charge is 0.352 e. The molecule has 3 nitrogen and oxygen atoms in total. The molecule has 0 aromatic carbocycles. The number of likely N-dealkylation sites (N-methyl/N-ethyl adjacent to an activating group) is 1. The predicted octanol–water partition coefficient (Wildman–Crippen LogP) is 0.968. The monoisotopic (exact) mass is 158 g/mol. The van der Waals surface area contributed by atoms with Crippen LogP contribution in [0.25, 0.3) is 0 Å². The van der Waals surface area contributed by atoms with Gasteiger partial charge in [-0.15, -0.1) is 0 Å². The van der Waals surface area contributed by atoms with Crippen LogP contribution in [0, 0.1) is 0 Å². The van der Waals surface area contributed by atoms with Crippen LogP contribution < -0.4 is 5.43 Å². The summed E-state index contributed by atoms with van der Waals surface area (Å²) in [6.45, 7) is 5.24. The van der Waals surface area contributed by atoms with Gasteiger partial charge in [-0.2, -0.15) is 0 Å². The molecule has 0 radical (unpaired) electrons. The summed E-state index contributed by atoms with van der Waals surface area (Å²) in [5.74, 6) is 0. The van der Waals surface area contributed by atoms with E-state index in [1.807, 2.05) is 7.05 Å². The lowest BCUT2D eigenvalue weighted by atomic mass is 10.2. The number of epoxide rings is 1. The van der Waals surface area contributed by atoms with E-state index in [4.69, 9.17) is 4.74 Å². The smallest absolute Gasteiger partial charge is 0.149 e. The SMILES string of the molecule is CCCC1OC1N(C)NCC. The minimum atomic E-state index is 0.329. The molecule has 1 rings (SSSR count). The number of nitrogens with one attached hydrogen (secondary N) is 1. The van der Waals surface area contributed by atoms with Crippen LogP contribution in [-0.4, -0.2) is 30.9 Å². The van der Waals surface area contributed by atoms with Gasteiger partial charge in [-0.05, 0) is 6.42 Å². The van der Waals surface area contributed by atoms with Gasteiger partial charge in [0.05, 0.1) is 0 Å². The second kappa shape index (κ2) is 4.04. The summed E-state index contributed by atoms with van der Waals surface area (Å²) >= 11 is 0. The summed E-state index contributed by atoms with van der Waals surface area (Å²) in [5.41, 5.74) is 3.20. The Morgan fingerprint density at radius 1 is 1.45 bits per heavy atom. The van der Waals surface area contributed by atoms with Crippen LogP contribution in [0.15, 0.2) is 0 Å². The van der Waals surface area contributed by atoms with Crippen LogP contribution in [0.2, 0.25) is 0 Å². The standard InChI is InChI=1S/C8H18N2O/c1-4-6-7-8(11-7)10(3)9-5-2/h7-9H,4-6H2,1-3H3. The van der Waals surface area contributed by atoms with Crippen molar-refractivity contribution >= 4 is 0 Å². The number of rotatable bonds is 5. The highest BCUT2D eigenvalue weighted by molar-refractivity contribution is 4.81. The van der Waals surface area contributed by atoms with Crippen molar-refractivity contribution in [2.24, 2.45) is 0 Å².